The maximum absolute atomic E-state index is 11.6. The van der Waals surface area contributed by atoms with E-state index in [2.05, 4.69) is 47.6 Å². The molecule has 1 aliphatic heterocycles. The summed E-state index contributed by atoms with van der Waals surface area (Å²) in [6.45, 7) is 9.70. The summed E-state index contributed by atoms with van der Waals surface area (Å²) in [5, 5.41) is 9.50. The van der Waals surface area contributed by atoms with Gasteiger partial charge in [0.2, 0.25) is 11.9 Å². The summed E-state index contributed by atoms with van der Waals surface area (Å²) >= 11 is 0. The highest BCUT2D eigenvalue weighted by Crippen LogP contribution is 2.28. The predicted octanol–water partition coefficient (Wildman–Crippen LogP) is -0.320. The van der Waals surface area contributed by atoms with Crippen LogP contribution in [0.5, 0.6) is 0 Å². The lowest BCUT2D eigenvalue weighted by molar-refractivity contribution is -0.122. The van der Waals surface area contributed by atoms with Gasteiger partial charge < -0.3 is 20.9 Å². The first-order chi connectivity index (χ1) is 13.8. The number of aromatic nitrogens is 2. The van der Waals surface area contributed by atoms with Gasteiger partial charge in [-0.3, -0.25) is 14.7 Å². The Kier molecular flexibility index (Phi) is 7.83. The minimum absolute atomic E-state index is 0.184. The minimum Gasteiger partial charge on any atom is -0.357 e. The zero-order chi connectivity index (χ0) is 19.6. The Hall–Kier alpha value is -2.42. The summed E-state index contributed by atoms with van der Waals surface area (Å²) in [5.74, 6) is 2.06. The van der Waals surface area contributed by atoms with Gasteiger partial charge in [-0.05, 0) is 25.8 Å². The molecule has 0 bridgehead atoms. The fraction of sp³-hybridized carbons (Fsp3) is 0.684. The smallest absolute Gasteiger partial charge is 0.225 e. The van der Waals surface area contributed by atoms with Crippen LogP contribution in [0, 0.1) is 5.92 Å². The number of rotatable bonds is 9. The average Bonchev–Trinajstić information content (AvgIpc) is 3.58. The molecule has 3 rings (SSSR count). The molecule has 0 spiro atoms. The highest BCUT2D eigenvalue weighted by Gasteiger charge is 2.28. The van der Waals surface area contributed by atoms with Crippen molar-refractivity contribution >= 4 is 17.8 Å². The highest BCUT2D eigenvalue weighted by molar-refractivity contribution is 5.81. The van der Waals surface area contributed by atoms with Gasteiger partial charge in [0.05, 0.1) is 6.54 Å². The molecule has 2 fully saturated rings. The van der Waals surface area contributed by atoms with Gasteiger partial charge in [-0.15, -0.1) is 0 Å². The zero-order valence-corrected chi connectivity index (χ0v) is 16.7. The van der Waals surface area contributed by atoms with Gasteiger partial charge in [0.1, 0.15) is 0 Å². The van der Waals surface area contributed by atoms with Crippen molar-refractivity contribution in [2.24, 2.45) is 10.9 Å². The Morgan fingerprint density at radius 1 is 1.11 bits per heavy atom. The molecule has 0 unspecified atom stereocenters. The standard InChI is InChI=1S/C19H32N8O/c1-2-20-18(22-9-8-21-17(28)16-4-5-16)23-10-11-26-12-14-27(15-13-26)19-24-6-3-7-25-19/h3,6-7,16H,2,4-5,8-15H2,1H3,(H,21,28)(H2,20,22,23). The average molecular weight is 389 g/mol. The lowest BCUT2D eigenvalue weighted by atomic mass is 10.3. The SMILES string of the molecule is CCNC(=NCCN1CCN(c2ncccn2)CC1)NCCNC(=O)C1CC1. The number of hydrogen-bond acceptors (Lipinski definition) is 6. The minimum atomic E-state index is 0.184. The predicted molar refractivity (Wildman–Crippen MR) is 110 cm³/mol. The van der Waals surface area contributed by atoms with Crippen molar-refractivity contribution < 1.29 is 4.79 Å². The van der Waals surface area contributed by atoms with Gasteiger partial charge in [0, 0.05) is 70.7 Å². The topological polar surface area (TPSA) is 97.8 Å². The number of hydrogen-bond donors (Lipinski definition) is 3. The van der Waals surface area contributed by atoms with E-state index in [-0.39, 0.29) is 11.8 Å². The number of guanidine groups is 1. The molecule has 3 N–H and O–H groups in total. The molecule has 2 heterocycles. The number of piperazine rings is 1. The molecule has 1 saturated carbocycles. The summed E-state index contributed by atoms with van der Waals surface area (Å²) in [5.41, 5.74) is 0. The molecule has 28 heavy (non-hydrogen) atoms. The monoisotopic (exact) mass is 388 g/mol. The van der Waals surface area contributed by atoms with E-state index in [1.807, 2.05) is 6.07 Å². The Morgan fingerprint density at radius 2 is 1.82 bits per heavy atom. The number of carbonyl (C=O) groups is 1. The summed E-state index contributed by atoms with van der Waals surface area (Å²) in [7, 11) is 0. The molecule has 9 nitrogen and oxygen atoms in total. The van der Waals surface area contributed by atoms with Crippen molar-refractivity contribution in [3.63, 3.8) is 0 Å². The van der Waals surface area contributed by atoms with Crippen molar-refractivity contribution in [1.29, 1.82) is 0 Å². The van der Waals surface area contributed by atoms with E-state index >= 15 is 0 Å². The normalized spacial score (nSPS) is 18.0. The van der Waals surface area contributed by atoms with Crippen LogP contribution in [0.1, 0.15) is 19.8 Å². The number of nitrogens with zero attached hydrogens (tertiary/aromatic N) is 5. The van der Waals surface area contributed by atoms with Gasteiger partial charge in [0.15, 0.2) is 5.96 Å². The summed E-state index contributed by atoms with van der Waals surface area (Å²) in [6.07, 6.45) is 5.65. The number of amides is 1. The third-order valence-corrected chi connectivity index (χ3v) is 4.90. The number of anilines is 1. The van der Waals surface area contributed by atoms with Crippen molar-refractivity contribution in [2.75, 3.05) is 63.8 Å². The Labute approximate surface area is 167 Å². The molecule has 154 valence electrons. The van der Waals surface area contributed by atoms with Crippen LogP contribution in [-0.2, 0) is 4.79 Å². The third kappa shape index (κ3) is 6.63. The Bertz CT molecular complexity index is 626. The van der Waals surface area contributed by atoms with Crippen LogP contribution < -0.4 is 20.9 Å². The van der Waals surface area contributed by atoms with Gasteiger partial charge >= 0.3 is 0 Å². The van der Waals surface area contributed by atoms with E-state index < -0.39 is 0 Å². The van der Waals surface area contributed by atoms with Crippen molar-refractivity contribution in [3.8, 4) is 0 Å². The summed E-state index contributed by atoms with van der Waals surface area (Å²) in [4.78, 5) is 29.6. The van der Waals surface area contributed by atoms with Crippen LogP contribution >= 0.6 is 0 Å². The fourth-order valence-corrected chi connectivity index (χ4v) is 3.13. The lowest BCUT2D eigenvalue weighted by Crippen LogP contribution is -2.48. The molecule has 0 radical (unpaired) electrons. The lowest BCUT2D eigenvalue weighted by Gasteiger charge is -2.34. The van der Waals surface area contributed by atoms with E-state index in [4.69, 9.17) is 0 Å². The molecule has 2 aliphatic rings. The maximum Gasteiger partial charge on any atom is 0.225 e. The van der Waals surface area contributed by atoms with Gasteiger partial charge in [-0.2, -0.15) is 0 Å². The van der Waals surface area contributed by atoms with Gasteiger partial charge in [0.25, 0.3) is 0 Å². The third-order valence-electron chi connectivity index (χ3n) is 4.90. The van der Waals surface area contributed by atoms with E-state index in [1.54, 1.807) is 12.4 Å². The molecular weight excluding hydrogens is 356 g/mol. The zero-order valence-electron chi connectivity index (χ0n) is 16.7. The van der Waals surface area contributed by atoms with Gasteiger partial charge in [-0.25, -0.2) is 9.97 Å². The molecular formula is C19H32N8O. The summed E-state index contributed by atoms with van der Waals surface area (Å²) in [6, 6.07) is 1.84. The number of carbonyl (C=O) groups excluding carboxylic acids is 1. The van der Waals surface area contributed by atoms with E-state index in [1.165, 1.54) is 0 Å². The van der Waals surface area contributed by atoms with Crippen molar-refractivity contribution in [2.45, 2.75) is 19.8 Å². The fourth-order valence-electron chi connectivity index (χ4n) is 3.13. The van der Waals surface area contributed by atoms with Crippen molar-refractivity contribution in [3.05, 3.63) is 18.5 Å². The quantitative estimate of drug-likeness (QED) is 0.303. The van der Waals surface area contributed by atoms with Crippen LogP contribution in [-0.4, -0.2) is 85.6 Å². The second kappa shape index (κ2) is 10.8. The van der Waals surface area contributed by atoms with E-state index in [0.717, 1.165) is 70.6 Å². The molecule has 1 aromatic rings. The van der Waals surface area contributed by atoms with Crippen LogP contribution in [0.2, 0.25) is 0 Å². The molecule has 9 heteroatoms. The van der Waals surface area contributed by atoms with Crippen LogP contribution in [0.25, 0.3) is 0 Å². The molecule has 1 saturated heterocycles. The molecule has 1 aromatic heterocycles. The molecule has 0 aromatic carbocycles. The second-order valence-corrected chi connectivity index (χ2v) is 7.13. The van der Waals surface area contributed by atoms with E-state index in [0.29, 0.717) is 13.1 Å². The first kappa shape index (κ1) is 20.3. The first-order valence-corrected chi connectivity index (χ1v) is 10.3. The molecule has 0 atom stereocenters. The number of aliphatic imine (C=N–C) groups is 1. The maximum atomic E-state index is 11.6. The van der Waals surface area contributed by atoms with Crippen LogP contribution in [0.3, 0.4) is 0 Å². The van der Waals surface area contributed by atoms with E-state index in [9.17, 15) is 4.79 Å². The second-order valence-electron chi connectivity index (χ2n) is 7.13. The van der Waals surface area contributed by atoms with Gasteiger partial charge in [-0.1, -0.05) is 0 Å². The first-order valence-electron chi connectivity index (χ1n) is 10.3. The van der Waals surface area contributed by atoms with Crippen LogP contribution in [0.4, 0.5) is 5.95 Å². The molecule has 1 amide bonds. The highest BCUT2D eigenvalue weighted by atomic mass is 16.2. The van der Waals surface area contributed by atoms with Crippen LogP contribution in [0.15, 0.2) is 23.5 Å². The molecule has 1 aliphatic carbocycles. The summed E-state index contributed by atoms with van der Waals surface area (Å²) < 4.78 is 0. The Morgan fingerprint density at radius 3 is 2.50 bits per heavy atom. The van der Waals surface area contributed by atoms with Crippen molar-refractivity contribution in [1.82, 2.24) is 30.8 Å². The largest absolute Gasteiger partial charge is 0.357 e. The Balaban J connectivity index is 1.32. The number of nitrogens with one attached hydrogen (secondary N) is 3.